The van der Waals surface area contributed by atoms with Gasteiger partial charge in [-0.1, -0.05) is 51.4 Å². The summed E-state index contributed by atoms with van der Waals surface area (Å²) in [4.78, 5) is 0. The Kier molecular flexibility index (Phi) is 12.8. The van der Waals surface area contributed by atoms with Crippen LogP contribution in [-0.4, -0.2) is 50.6 Å². The molecule has 0 spiro atoms. The van der Waals surface area contributed by atoms with E-state index in [1.54, 1.807) is 0 Å². The summed E-state index contributed by atoms with van der Waals surface area (Å²) >= 11 is -0.556. The molecule has 0 aliphatic heterocycles. The van der Waals surface area contributed by atoms with Crippen molar-refractivity contribution < 1.29 is 26.5 Å². The van der Waals surface area contributed by atoms with Crippen LogP contribution in [0.15, 0.2) is 0 Å². The van der Waals surface area contributed by atoms with Crippen molar-refractivity contribution in [3.05, 3.63) is 10.6 Å². The maximum atomic E-state index is 5.50. The molecular weight excluding hydrogens is 419 g/mol. The Hall–Kier alpha value is 1.13. The van der Waals surface area contributed by atoms with E-state index in [1.807, 2.05) is 14.2 Å². The summed E-state index contributed by atoms with van der Waals surface area (Å²) in [7, 11) is 13.5. The molecule has 3 aliphatic rings. The fraction of sp³-hybridized carbons (Fsp3) is 1.00. The van der Waals surface area contributed by atoms with Crippen LogP contribution < -0.4 is 0 Å². The van der Waals surface area contributed by atoms with Crippen LogP contribution in [0, 0.1) is 0 Å². The summed E-state index contributed by atoms with van der Waals surface area (Å²) in [6.45, 7) is 0. The van der Waals surface area contributed by atoms with E-state index in [0.29, 0.717) is 36.4 Å². The second kappa shape index (κ2) is 14.2. The topological polar surface area (TPSA) is 46.7 Å². The molecule has 3 rings (SSSR count). The zero-order valence-electron chi connectivity index (χ0n) is 16.9. The van der Waals surface area contributed by atoms with Gasteiger partial charge in [-0.2, -0.15) is 12.1 Å². The minimum absolute atomic E-state index is 0.472. The molecule has 0 heterocycles. The van der Waals surface area contributed by atoms with Crippen molar-refractivity contribution in [3.8, 4) is 0 Å². The van der Waals surface area contributed by atoms with Crippen LogP contribution in [0.2, 0.25) is 0 Å². The van der Waals surface area contributed by atoms with E-state index < -0.39 is 17.0 Å². The quantitative estimate of drug-likeness (QED) is 0.439. The number of ether oxygens (including phenoxy) is 2. The maximum absolute atomic E-state index is 5.50. The van der Waals surface area contributed by atoms with E-state index in [4.69, 9.17) is 38.7 Å². The van der Waals surface area contributed by atoms with E-state index in [-0.39, 0.29) is 0 Å². The summed E-state index contributed by atoms with van der Waals surface area (Å²) in [5, 5.41) is 10.5. The van der Waals surface area contributed by atoms with Crippen molar-refractivity contribution in [1.29, 1.82) is 0 Å². The fourth-order valence-corrected chi connectivity index (χ4v) is 4.84. The van der Waals surface area contributed by atoms with Gasteiger partial charge in [0.1, 0.15) is 0 Å². The van der Waals surface area contributed by atoms with Crippen LogP contribution in [0.3, 0.4) is 0 Å². The number of nitrogens with zero attached hydrogens (tertiary/aromatic N) is 2. The fourth-order valence-electron chi connectivity index (χ4n) is 4.84. The normalized spacial score (nSPS) is 37.2. The Balaban J connectivity index is 0.000000817. The Labute approximate surface area is 182 Å². The molecule has 0 aromatic carbocycles. The van der Waals surface area contributed by atoms with Crippen molar-refractivity contribution in [3.63, 3.8) is 0 Å². The van der Waals surface area contributed by atoms with Gasteiger partial charge >= 0.3 is 35.6 Å². The molecule has 7 heteroatoms. The predicted octanol–water partition coefficient (Wildman–Crippen LogP) is 6.34. The van der Waals surface area contributed by atoms with Gasteiger partial charge in [-0.3, -0.25) is 0 Å². The number of hydrogen-bond donors (Lipinski definition) is 0. The van der Waals surface area contributed by atoms with Crippen LogP contribution in [0.5, 0.6) is 0 Å². The summed E-state index contributed by atoms with van der Waals surface area (Å²) in [5.74, 6) is 0. The van der Waals surface area contributed by atoms with Crippen molar-refractivity contribution >= 4 is 18.6 Å². The van der Waals surface area contributed by atoms with Gasteiger partial charge in [0.25, 0.3) is 0 Å². The number of rotatable bonds is 6. The Morgan fingerprint density at radius 3 is 1.26 bits per heavy atom. The number of halogens is 2. The summed E-state index contributed by atoms with van der Waals surface area (Å²) in [6.07, 6.45) is 15.7. The zero-order valence-corrected chi connectivity index (χ0v) is 20.0. The van der Waals surface area contributed by atoms with E-state index in [1.165, 1.54) is 77.0 Å². The van der Waals surface area contributed by atoms with Crippen LogP contribution in [-0.2, 0) is 26.5 Å². The van der Waals surface area contributed by atoms with Crippen molar-refractivity contribution in [2.24, 2.45) is 0 Å². The molecule has 0 radical (unpaired) electrons. The molecule has 0 saturated heterocycles. The molecule has 0 bridgehead atoms. The molecule has 4 nitrogen and oxygen atoms in total. The summed E-state index contributed by atoms with van der Waals surface area (Å²) in [5.41, 5.74) is 0. The van der Waals surface area contributed by atoms with Crippen molar-refractivity contribution in [2.75, 3.05) is 14.2 Å². The molecule has 3 saturated carbocycles. The Morgan fingerprint density at radius 2 is 0.963 bits per heavy atom. The molecule has 0 N–H and O–H groups in total. The van der Waals surface area contributed by atoms with Gasteiger partial charge < -0.3 is 20.1 Å². The molecule has 158 valence electrons. The van der Waals surface area contributed by atoms with Gasteiger partial charge in [-0.25, -0.2) is 0 Å². The molecule has 0 aromatic rings. The van der Waals surface area contributed by atoms with Gasteiger partial charge in [-0.15, -0.1) is 12.1 Å². The number of methoxy groups -OCH3 is 2. The molecule has 3 aliphatic carbocycles. The average molecular weight is 455 g/mol. The SMILES string of the molecule is COC1CCC([N-]C2CCCCC2[N-]C2CCC(OC)CC2)CC1.[Cl][Ti][Cl]. The third-order valence-electron chi connectivity index (χ3n) is 6.45. The van der Waals surface area contributed by atoms with Crippen molar-refractivity contribution in [1.82, 2.24) is 0 Å². The Bertz CT molecular complexity index is 345. The van der Waals surface area contributed by atoms with E-state index in [2.05, 4.69) is 0 Å². The monoisotopic (exact) mass is 454 g/mol. The van der Waals surface area contributed by atoms with Crippen LogP contribution in [0.25, 0.3) is 10.6 Å². The standard InChI is InChI=1S/C20H36N2O2.2ClH.Ti/c1-23-17-11-7-15(8-12-17)21-19-5-3-4-6-20(19)22-16-9-13-18(24-2)14-10-16;;;/h15-20H,3-14H2,1-2H3;2*1H;/q-2;;;+2/p-2. The van der Waals surface area contributed by atoms with E-state index >= 15 is 0 Å². The predicted molar refractivity (Wildman–Crippen MR) is 111 cm³/mol. The molecule has 27 heavy (non-hydrogen) atoms. The average Bonchev–Trinajstić information content (AvgIpc) is 2.71. The van der Waals surface area contributed by atoms with E-state index in [9.17, 15) is 0 Å². The summed E-state index contributed by atoms with van der Waals surface area (Å²) < 4.78 is 11.0. The molecule has 3 fully saturated rings. The van der Waals surface area contributed by atoms with E-state index in [0.717, 1.165) is 0 Å². The van der Waals surface area contributed by atoms with Crippen LogP contribution >= 0.6 is 18.6 Å². The Morgan fingerprint density at radius 1 is 0.630 bits per heavy atom. The van der Waals surface area contributed by atoms with Crippen LogP contribution in [0.1, 0.15) is 77.0 Å². The minimum atomic E-state index is -0.556. The first kappa shape index (κ1) is 24.4. The summed E-state index contributed by atoms with van der Waals surface area (Å²) in [6, 6.07) is 2.09. The van der Waals surface area contributed by atoms with Crippen LogP contribution in [0.4, 0.5) is 0 Å². The molecule has 2 unspecified atom stereocenters. The molecule has 0 amide bonds. The second-order valence-electron chi connectivity index (χ2n) is 8.12. The van der Waals surface area contributed by atoms with Gasteiger partial charge in [0, 0.05) is 14.2 Å². The second-order valence-corrected chi connectivity index (χ2v) is 10.7. The van der Waals surface area contributed by atoms with Gasteiger partial charge in [-0.05, 0) is 25.7 Å². The first-order valence-electron chi connectivity index (χ1n) is 10.6. The molecular formula is C20H36Cl2N2O2Ti-2. The molecule has 2 atom stereocenters. The van der Waals surface area contributed by atoms with Gasteiger partial charge in [0.05, 0.1) is 12.2 Å². The third-order valence-corrected chi connectivity index (χ3v) is 6.45. The third kappa shape index (κ3) is 8.80. The molecule has 0 aromatic heterocycles. The van der Waals surface area contributed by atoms with Crippen molar-refractivity contribution in [2.45, 2.75) is 113 Å². The van der Waals surface area contributed by atoms with Gasteiger partial charge in [0.15, 0.2) is 0 Å². The first-order valence-corrected chi connectivity index (χ1v) is 14.9. The first-order chi connectivity index (χ1) is 13.2. The zero-order chi connectivity index (χ0) is 19.5. The van der Waals surface area contributed by atoms with Gasteiger partial charge in [0.2, 0.25) is 0 Å². The number of hydrogen-bond acceptors (Lipinski definition) is 2.